The van der Waals surface area contributed by atoms with E-state index in [0.717, 1.165) is 11.2 Å². The van der Waals surface area contributed by atoms with Crippen molar-refractivity contribution in [3.05, 3.63) is 27.2 Å². The van der Waals surface area contributed by atoms with Gasteiger partial charge in [-0.2, -0.15) is 0 Å². The lowest BCUT2D eigenvalue weighted by atomic mass is 10.4. The third kappa shape index (κ3) is 0.972. The lowest BCUT2D eigenvalue weighted by molar-refractivity contribution is 0.927. The van der Waals surface area contributed by atoms with Crippen LogP contribution in [0.3, 0.4) is 0 Å². The summed E-state index contributed by atoms with van der Waals surface area (Å²) in [6.45, 7) is 0. The average Bonchev–Trinajstić information content (AvgIpc) is 2.35. The van der Waals surface area contributed by atoms with Gasteiger partial charge in [-0.05, 0) is 22.0 Å². The number of nitrogens with zero attached hydrogens (tertiary/aromatic N) is 2. The Bertz CT molecular complexity index is 485. The van der Waals surface area contributed by atoms with Crippen LogP contribution in [0, 0.1) is 0 Å². The van der Waals surface area contributed by atoms with Gasteiger partial charge in [-0.3, -0.25) is 4.79 Å². The first-order chi connectivity index (χ1) is 5.68. The molecule has 0 aromatic carbocycles. The summed E-state index contributed by atoms with van der Waals surface area (Å²) in [6, 6.07) is 1.70. The molecular formula is C7H6BrN3O. The first kappa shape index (κ1) is 7.54. The number of fused-ring (bicyclic) bond motifs is 1. The van der Waals surface area contributed by atoms with Gasteiger partial charge in [0, 0.05) is 7.05 Å². The largest absolute Gasteiger partial charge is 0.320 e. The normalized spacial score (nSPS) is 10.8. The van der Waals surface area contributed by atoms with Crippen LogP contribution in [-0.4, -0.2) is 14.5 Å². The molecule has 0 spiro atoms. The molecule has 0 aliphatic carbocycles. The molecule has 62 valence electrons. The van der Waals surface area contributed by atoms with Crippen molar-refractivity contribution in [2.45, 2.75) is 0 Å². The summed E-state index contributed by atoms with van der Waals surface area (Å²) in [4.78, 5) is 17.9. The smallest absolute Gasteiger partial charge is 0.263 e. The van der Waals surface area contributed by atoms with Crippen LogP contribution >= 0.6 is 15.9 Å². The molecule has 0 aliphatic heterocycles. The van der Waals surface area contributed by atoms with Crippen molar-refractivity contribution in [2.24, 2.45) is 7.05 Å². The van der Waals surface area contributed by atoms with Crippen molar-refractivity contribution in [3.63, 3.8) is 0 Å². The number of aryl methyl sites for hydroxylation is 1. The molecule has 0 bridgehead atoms. The highest BCUT2D eigenvalue weighted by Gasteiger charge is 2.02. The first-order valence-corrected chi connectivity index (χ1v) is 4.17. The van der Waals surface area contributed by atoms with Gasteiger partial charge in [0.05, 0.1) is 10.8 Å². The fourth-order valence-electron chi connectivity index (χ4n) is 1.06. The van der Waals surface area contributed by atoms with E-state index in [1.807, 2.05) is 7.05 Å². The molecule has 0 amide bonds. The zero-order valence-corrected chi connectivity index (χ0v) is 7.92. The van der Waals surface area contributed by atoms with E-state index in [4.69, 9.17) is 0 Å². The Labute approximate surface area is 76.4 Å². The summed E-state index contributed by atoms with van der Waals surface area (Å²) in [5.41, 5.74) is 1.39. The molecule has 2 aromatic rings. The molecule has 0 fully saturated rings. The van der Waals surface area contributed by atoms with Crippen LogP contribution in [0.4, 0.5) is 0 Å². The monoisotopic (exact) mass is 227 g/mol. The standard InChI is InChI=1S/C7H6BrN3O/c1-11-3-9-5-2-4(8)7(12)10-6(5)11/h2-3H,1H3,(H,10,12). The minimum atomic E-state index is -0.133. The molecule has 2 heterocycles. The fourth-order valence-corrected chi connectivity index (χ4v) is 1.37. The van der Waals surface area contributed by atoms with Gasteiger partial charge in [-0.15, -0.1) is 0 Å². The van der Waals surface area contributed by atoms with Crippen LogP contribution in [0.5, 0.6) is 0 Å². The summed E-state index contributed by atoms with van der Waals surface area (Å²) in [7, 11) is 1.83. The Morgan fingerprint density at radius 3 is 3.17 bits per heavy atom. The molecule has 0 saturated carbocycles. The number of pyridine rings is 1. The number of nitrogens with one attached hydrogen (secondary N) is 1. The fraction of sp³-hybridized carbons (Fsp3) is 0.143. The summed E-state index contributed by atoms with van der Waals surface area (Å²) in [5.74, 6) is 0. The summed E-state index contributed by atoms with van der Waals surface area (Å²) < 4.78 is 2.28. The van der Waals surface area contributed by atoms with Gasteiger partial charge in [-0.1, -0.05) is 0 Å². The summed E-state index contributed by atoms with van der Waals surface area (Å²) in [5, 5.41) is 0. The predicted octanol–water partition coefficient (Wildman–Crippen LogP) is 1.02. The van der Waals surface area contributed by atoms with Crippen molar-refractivity contribution in [1.82, 2.24) is 14.5 Å². The third-order valence-corrected chi connectivity index (χ3v) is 2.27. The highest BCUT2D eigenvalue weighted by molar-refractivity contribution is 9.10. The van der Waals surface area contributed by atoms with Gasteiger partial charge >= 0.3 is 0 Å². The Balaban J connectivity index is 2.97. The quantitative estimate of drug-likeness (QED) is 0.731. The number of aromatic nitrogens is 3. The molecule has 0 unspecified atom stereocenters. The Morgan fingerprint density at radius 2 is 2.42 bits per heavy atom. The average molecular weight is 228 g/mol. The van der Waals surface area contributed by atoms with E-state index in [-0.39, 0.29) is 5.56 Å². The molecule has 4 nitrogen and oxygen atoms in total. The van der Waals surface area contributed by atoms with Gasteiger partial charge in [0.15, 0.2) is 0 Å². The van der Waals surface area contributed by atoms with E-state index >= 15 is 0 Å². The second-order valence-electron chi connectivity index (χ2n) is 2.54. The molecule has 1 N–H and O–H groups in total. The lowest BCUT2D eigenvalue weighted by Crippen LogP contribution is -2.07. The van der Waals surface area contributed by atoms with Crippen molar-refractivity contribution >= 4 is 27.1 Å². The van der Waals surface area contributed by atoms with Crippen LogP contribution in [0.25, 0.3) is 11.2 Å². The minimum Gasteiger partial charge on any atom is -0.320 e. The second kappa shape index (κ2) is 2.45. The van der Waals surface area contributed by atoms with Gasteiger partial charge in [0.2, 0.25) is 0 Å². The zero-order valence-electron chi connectivity index (χ0n) is 6.34. The number of H-pyrrole nitrogens is 1. The molecule has 0 radical (unpaired) electrons. The number of hydrogen-bond acceptors (Lipinski definition) is 2. The van der Waals surface area contributed by atoms with Crippen LogP contribution in [0.2, 0.25) is 0 Å². The Kier molecular flexibility index (Phi) is 1.54. The van der Waals surface area contributed by atoms with E-state index in [1.165, 1.54) is 0 Å². The molecule has 12 heavy (non-hydrogen) atoms. The van der Waals surface area contributed by atoms with E-state index in [9.17, 15) is 4.79 Å². The molecule has 2 aromatic heterocycles. The molecule has 2 rings (SSSR count). The van der Waals surface area contributed by atoms with Gasteiger partial charge in [0.1, 0.15) is 11.2 Å². The zero-order chi connectivity index (χ0) is 8.72. The van der Waals surface area contributed by atoms with E-state index in [1.54, 1.807) is 17.0 Å². The SMILES string of the molecule is Cn1cnc2cc(Br)c(=O)[nH]c21. The molecular weight excluding hydrogens is 222 g/mol. The maximum Gasteiger partial charge on any atom is 0.263 e. The van der Waals surface area contributed by atoms with Gasteiger partial charge in [-0.25, -0.2) is 4.98 Å². The van der Waals surface area contributed by atoms with Crippen molar-refractivity contribution in [3.8, 4) is 0 Å². The highest BCUT2D eigenvalue weighted by Crippen LogP contribution is 2.10. The third-order valence-electron chi connectivity index (χ3n) is 1.68. The molecule has 0 aliphatic rings. The summed E-state index contributed by atoms with van der Waals surface area (Å²) in [6.07, 6.45) is 1.66. The lowest BCUT2D eigenvalue weighted by Gasteiger charge is -1.93. The molecule has 0 saturated heterocycles. The Hall–Kier alpha value is -1.10. The van der Waals surface area contributed by atoms with Crippen LogP contribution < -0.4 is 5.56 Å². The summed E-state index contributed by atoms with van der Waals surface area (Å²) >= 11 is 3.13. The minimum absolute atomic E-state index is 0.133. The van der Waals surface area contributed by atoms with E-state index < -0.39 is 0 Å². The van der Waals surface area contributed by atoms with Crippen molar-refractivity contribution < 1.29 is 0 Å². The first-order valence-electron chi connectivity index (χ1n) is 3.38. The van der Waals surface area contributed by atoms with Crippen molar-refractivity contribution in [1.29, 1.82) is 0 Å². The van der Waals surface area contributed by atoms with Crippen LogP contribution in [-0.2, 0) is 7.05 Å². The molecule has 0 atom stereocenters. The highest BCUT2D eigenvalue weighted by atomic mass is 79.9. The van der Waals surface area contributed by atoms with Crippen LogP contribution in [0.1, 0.15) is 0 Å². The number of rotatable bonds is 0. The predicted molar refractivity (Wildman–Crippen MR) is 49.0 cm³/mol. The Morgan fingerprint density at radius 1 is 1.67 bits per heavy atom. The van der Waals surface area contributed by atoms with E-state index in [2.05, 4.69) is 25.9 Å². The number of imidazole rings is 1. The maximum atomic E-state index is 11.1. The van der Waals surface area contributed by atoms with Gasteiger partial charge < -0.3 is 9.55 Å². The number of hydrogen-bond donors (Lipinski definition) is 1. The number of aromatic amines is 1. The van der Waals surface area contributed by atoms with Crippen molar-refractivity contribution in [2.75, 3.05) is 0 Å². The maximum absolute atomic E-state index is 11.1. The molecule has 5 heteroatoms. The second-order valence-corrected chi connectivity index (χ2v) is 3.39. The van der Waals surface area contributed by atoms with E-state index in [0.29, 0.717) is 4.47 Å². The van der Waals surface area contributed by atoms with Crippen LogP contribution in [0.15, 0.2) is 21.7 Å². The number of halogens is 1. The van der Waals surface area contributed by atoms with Gasteiger partial charge in [0.25, 0.3) is 5.56 Å². The topological polar surface area (TPSA) is 50.7 Å².